The molecular weight excluding hydrogens is 274 g/mol. The summed E-state index contributed by atoms with van der Waals surface area (Å²) in [5.41, 5.74) is 0.911. The van der Waals surface area contributed by atoms with E-state index in [9.17, 15) is 0 Å². The average Bonchev–Trinajstić information content (AvgIpc) is 2.92. The van der Waals surface area contributed by atoms with Crippen molar-refractivity contribution in [2.24, 2.45) is 0 Å². The number of hydrogen-bond acceptors (Lipinski definition) is 3. The molecule has 0 radical (unpaired) electrons. The summed E-state index contributed by atoms with van der Waals surface area (Å²) in [5.74, 6) is 1.67. The lowest BCUT2D eigenvalue weighted by atomic mass is 10.2. The van der Waals surface area contributed by atoms with Crippen LogP contribution < -0.4 is 5.32 Å². The third-order valence-electron chi connectivity index (χ3n) is 3.22. The van der Waals surface area contributed by atoms with E-state index in [1.54, 1.807) is 0 Å². The van der Waals surface area contributed by atoms with Gasteiger partial charge < -0.3 is 14.8 Å². The zero-order valence-corrected chi connectivity index (χ0v) is 12.4. The molecule has 0 bridgehead atoms. The lowest BCUT2D eigenvalue weighted by molar-refractivity contribution is 0.275. The molecule has 0 aliphatic heterocycles. The quantitative estimate of drug-likeness (QED) is 0.815. The molecule has 20 heavy (non-hydrogen) atoms. The van der Waals surface area contributed by atoms with Crippen LogP contribution in [0, 0.1) is 0 Å². The van der Waals surface area contributed by atoms with Crippen LogP contribution >= 0.6 is 11.6 Å². The molecule has 0 spiro atoms. The highest BCUT2D eigenvalue weighted by Gasteiger charge is 2.08. The van der Waals surface area contributed by atoms with Gasteiger partial charge in [-0.3, -0.25) is 0 Å². The zero-order chi connectivity index (χ0) is 14.4. The molecule has 0 amide bonds. The fourth-order valence-corrected chi connectivity index (χ4v) is 2.28. The fraction of sp³-hybridized carbons (Fsp3) is 0.375. The molecule has 108 valence electrons. The smallest absolute Gasteiger partial charge is 0.135 e. The molecule has 0 aliphatic carbocycles. The molecule has 0 aliphatic rings. The van der Waals surface area contributed by atoms with Crippen molar-refractivity contribution in [2.75, 3.05) is 6.61 Å². The zero-order valence-electron chi connectivity index (χ0n) is 11.6. The Bertz CT molecular complexity index is 539. The lowest BCUT2D eigenvalue weighted by Crippen LogP contribution is -2.25. The van der Waals surface area contributed by atoms with Crippen molar-refractivity contribution in [2.45, 2.75) is 32.4 Å². The summed E-state index contributed by atoms with van der Waals surface area (Å²) >= 11 is 6.15. The van der Waals surface area contributed by atoms with E-state index in [4.69, 9.17) is 21.1 Å². The van der Waals surface area contributed by atoms with Gasteiger partial charge in [0.15, 0.2) is 0 Å². The summed E-state index contributed by atoms with van der Waals surface area (Å²) in [4.78, 5) is 0. The van der Waals surface area contributed by atoms with Gasteiger partial charge in [-0.05, 0) is 44.0 Å². The molecule has 1 unspecified atom stereocenters. The lowest BCUT2D eigenvalue weighted by Gasteiger charge is -2.11. The molecule has 1 aromatic heterocycles. The second-order valence-electron chi connectivity index (χ2n) is 4.89. The fourth-order valence-electron chi connectivity index (χ4n) is 2.05. The summed E-state index contributed by atoms with van der Waals surface area (Å²) < 4.78 is 5.81. The standard InChI is InChI=1S/C16H20ClNO2/c1-12(5-4-10-19)18-11-13-8-9-16(20-13)14-6-2-3-7-15(14)17/h2-3,6-9,12,18-19H,4-5,10-11H2,1H3. The minimum atomic E-state index is 0.240. The van der Waals surface area contributed by atoms with Crippen LogP contribution in [0.1, 0.15) is 25.5 Å². The van der Waals surface area contributed by atoms with Crippen molar-refractivity contribution in [3.8, 4) is 11.3 Å². The van der Waals surface area contributed by atoms with Gasteiger partial charge in [-0.25, -0.2) is 0 Å². The summed E-state index contributed by atoms with van der Waals surface area (Å²) in [6.07, 6.45) is 1.77. The number of rotatable bonds is 7. The number of aliphatic hydroxyl groups excluding tert-OH is 1. The van der Waals surface area contributed by atoms with Crippen molar-refractivity contribution >= 4 is 11.6 Å². The Morgan fingerprint density at radius 1 is 1.25 bits per heavy atom. The van der Waals surface area contributed by atoms with Gasteiger partial charge >= 0.3 is 0 Å². The van der Waals surface area contributed by atoms with Crippen molar-refractivity contribution in [3.63, 3.8) is 0 Å². The molecule has 3 nitrogen and oxygen atoms in total. The first-order valence-electron chi connectivity index (χ1n) is 6.88. The monoisotopic (exact) mass is 293 g/mol. The van der Waals surface area contributed by atoms with E-state index in [1.165, 1.54) is 0 Å². The third kappa shape index (κ3) is 4.10. The maximum atomic E-state index is 8.80. The van der Waals surface area contributed by atoms with Crippen LogP contribution in [0.3, 0.4) is 0 Å². The van der Waals surface area contributed by atoms with Crippen molar-refractivity contribution in [1.82, 2.24) is 5.32 Å². The highest BCUT2D eigenvalue weighted by atomic mass is 35.5. The van der Waals surface area contributed by atoms with Gasteiger partial charge in [-0.1, -0.05) is 23.7 Å². The first kappa shape index (κ1) is 15.1. The SMILES string of the molecule is CC(CCCO)NCc1ccc(-c2ccccc2Cl)o1. The predicted molar refractivity (Wildman–Crippen MR) is 81.8 cm³/mol. The topological polar surface area (TPSA) is 45.4 Å². The Morgan fingerprint density at radius 2 is 2.05 bits per heavy atom. The summed E-state index contributed by atoms with van der Waals surface area (Å²) in [5, 5.41) is 12.9. The first-order chi connectivity index (χ1) is 9.70. The Kier molecular flexibility index (Phi) is 5.65. The number of furan rings is 1. The molecule has 2 rings (SSSR count). The van der Waals surface area contributed by atoms with Crippen LogP contribution in [0.15, 0.2) is 40.8 Å². The van der Waals surface area contributed by atoms with Gasteiger partial charge in [-0.2, -0.15) is 0 Å². The van der Waals surface area contributed by atoms with E-state index < -0.39 is 0 Å². The van der Waals surface area contributed by atoms with Crippen LogP contribution in [0.25, 0.3) is 11.3 Å². The van der Waals surface area contributed by atoms with Crippen molar-refractivity contribution in [1.29, 1.82) is 0 Å². The van der Waals surface area contributed by atoms with Crippen LogP contribution in [0.5, 0.6) is 0 Å². The largest absolute Gasteiger partial charge is 0.460 e. The molecule has 2 aromatic rings. The summed E-state index contributed by atoms with van der Waals surface area (Å²) in [7, 11) is 0. The van der Waals surface area contributed by atoms with Gasteiger partial charge in [0.2, 0.25) is 0 Å². The van der Waals surface area contributed by atoms with Gasteiger partial charge in [0.05, 0.1) is 11.6 Å². The highest BCUT2D eigenvalue weighted by Crippen LogP contribution is 2.28. The van der Waals surface area contributed by atoms with E-state index >= 15 is 0 Å². The van der Waals surface area contributed by atoms with Gasteiger partial charge in [-0.15, -0.1) is 0 Å². The Labute approximate surface area is 124 Å². The van der Waals surface area contributed by atoms with Crippen molar-refractivity contribution < 1.29 is 9.52 Å². The number of nitrogens with one attached hydrogen (secondary N) is 1. The van der Waals surface area contributed by atoms with E-state index in [1.807, 2.05) is 36.4 Å². The number of aliphatic hydroxyl groups is 1. The number of benzene rings is 1. The Morgan fingerprint density at radius 3 is 2.80 bits per heavy atom. The maximum Gasteiger partial charge on any atom is 0.135 e. The van der Waals surface area contributed by atoms with Crippen LogP contribution in [0.2, 0.25) is 5.02 Å². The van der Waals surface area contributed by atoms with Crippen LogP contribution in [-0.2, 0) is 6.54 Å². The molecule has 2 N–H and O–H groups in total. The third-order valence-corrected chi connectivity index (χ3v) is 3.55. The molecule has 0 saturated heterocycles. The predicted octanol–water partition coefficient (Wildman–Crippen LogP) is 3.85. The summed E-state index contributed by atoms with van der Waals surface area (Å²) in [6, 6.07) is 11.9. The van der Waals surface area contributed by atoms with Gasteiger partial charge in [0.1, 0.15) is 11.5 Å². The Balaban J connectivity index is 1.94. The summed E-state index contributed by atoms with van der Waals surface area (Å²) in [6.45, 7) is 3.02. The second kappa shape index (κ2) is 7.48. The van der Waals surface area contributed by atoms with E-state index in [0.717, 1.165) is 29.9 Å². The van der Waals surface area contributed by atoms with Gasteiger partial charge in [0, 0.05) is 18.2 Å². The first-order valence-corrected chi connectivity index (χ1v) is 7.26. The maximum absolute atomic E-state index is 8.80. The van der Waals surface area contributed by atoms with Crippen LogP contribution in [-0.4, -0.2) is 17.8 Å². The minimum Gasteiger partial charge on any atom is -0.460 e. The van der Waals surface area contributed by atoms with Crippen molar-refractivity contribution in [3.05, 3.63) is 47.2 Å². The van der Waals surface area contributed by atoms with E-state index in [2.05, 4.69) is 12.2 Å². The molecule has 1 heterocycles. The minimum absolute atomic E-state index is 0.240. The molecule has 1 aromatic carbocycles. The van der Waals surface area contributed by atoms with Crippen LogP contribution in [0.4, 0.5) is 0 Å². The molecule has 0 fully saturated rings. The second-order valence-corrected chi connectivity index (χ2v) is 5.30. The van der Waals surface area contributed by atoms with E-state index in [-0.39, 0.29) is 6.61 Å². The number of hydrogen-bond donors (Lipinski definition) is 2. The van der Waals surface area contributed by atoms with Gasteiger partial charge in [0.25, 0.3) is 0 Å². The van der Waals surface area contributed by atoms with E-state index in [0.29, 0.717) is 17.6 Å². The number of halogens is 1. The average molecular weight is 294 g/mol. The molecule has 1 atom stereocenters. The molecule has 0 saturated carbocycles. The normalized spacial score (nSPS) is 12.6. The Hall–Kier alpha value is -1.29. The highest BCUT2D eigenvalue weighted by molar-refractivity contribution is 6.33. The molecule has 4 heteroatoms. The molecular formula is C16H20ClNO2.